The fourth-order valence-electron chi connectivity index (χ4n) is 2.34. The van der Waals surface area contributed by atoms with Gasteiger partial charge in [-0.05, 0) is 25.1 Å². The molecule has 5 amide bonds. The van der Waals surface area contributed by atoms with Crippen LogP contribution in [0.2, 0.25) is 0 Å². The molecule has 1 aliphatic rings. The Bertz CT molecular complexity index is 778. The largest absolute Gasteiger partial charge is 0.454 e. The van der Waals surface area contributed by atoms with Gasteiger partial charge in [0.1, 0.15) is 13.1 Å². The summed E-state index contributed by atoms with van der Waals surface area (Å²) in [6.45, 7) is 1.02. The second-order valence-corrected chi connectivity index (χ2v) is 5.77. The van der Waals surface area contributed by atoms with Crippen molar-refractivity contribution in [1.82, 2.24) is 15.1 Å². The highest BCUT2D eigenvalue weighted by Crippen LogP contribution is 2.11. The molecule has 1 heterocycles. The molecular formula is C17H20N4O6. The Labute approximate surface area is 155 Å². The van der Waals surface area contributed by atoms with E-state index in [1.807, 2.05) is 0 Å². The molecule has 0 unspecified atom stereocenters. The van der Waals surface area contributed by atoms with Gasteiger partial charge in [-0.3, -0.25) is 24.1 Å². The van der Waals surface area contributed by atoms with E-state index in [1.54, 1.807) is 25.1 Å². The Morgan fingerprint density at radius 3 is 2.59 bits per heavy atom. The average Bonchev–Trinajstić information content (AvgIpc) is 2.86. The number of hydrogen-bond acceptors (Lipinski definition) is 6. The second kappa shape index (κ2) is 8.79. The van der Waals surface area contributed by atoms with Crippen LogP contribution < -0.4 is 10.6 Å². The van der Waals surface area contributed by atoms with E-state index in [9.17, 15) is 24.0 Å². The van der Waals surface area contributed by atoms with Gasteiger partial charge < -0.3 is 20.3 Å². The highest BCUT2D eigenvalue weighted by Gasteiger charge is 2.35. The van der Waals surface area contributed by atoms with Crippen molar-refractivity contribution in [3.8, 4) is 0 Å². The number of hydrogen-bond donors (Lipinski definition) is 2. The van der Waals surface area contributed by atoms with Crippen LogP contribution >= 0.6 is 0 Å². The van der Waals surface area contributed by atoms with Crippen LogP contribution in [0.25, 0.3) is 0 Å². The van der Waals surface area contributed by atoms with Crippen LogP contribution in [0.1, 0.15) is 17.3 Å². The molecule has 1 aromatic carbocycles. The number of anilines is 1. The number of esters is 1. The number of nitrogens with zero attached hydrogens (tertiary/aromatic N) is 2. The molecule has 2 rings (SSSR count). The van der Waals surface area contributed by atoms with Crippen molar-refractivity contribution in [3.05, 3.63) is 29.8 Å². The molecule has 144 valence electrons. The van der Waals surface area contributed by atoms with E-state index in [4.69, 9.17) is 4.74 Å². The first-order chi connectivity index (χ1) is 12.8. The normalized spacial score (nSPS) is 13.6. The maximum Gasteiger partial charge on any atom is 0.327 e. The van der Waals surface area contributed by atoms with E-state index >= 15 is 0 Å². The molecule has 0 spiro atoms. The molecule has 1 fully saturated rings. The quantitative estimate of drug-likeness (QED) is 0.502. The van der Waals surface area contributed by atoms with Crippen LogP contribution in [-0.2, 0) is 19.1 Å². The zero-order valence-corrected chi connectivity index (χ0v) is 15.0. The van der Waals surface area contributed by atoms with Gasteiger partial charge in [-0.15, -0.1) is 0 Å². The molecule has 1 aromatic rings. The summed E-state index contributed by atoms with van der Waals surface area (Å²) in [7, 11) is 1.44. The summed E-state index contributed by atoms with van der Waals surface area (Å²) in [6.07, 6.45) is 0. The summed E-state index contributed by atoms with van der Waals surface area (Å²) in [6, 6.07) is 5.68. The van der Waals surface area contributed by atoms with Crippen molar-refractivity contribution >= 4 is 35.4 Å². The van der Waals surface area contributed by atoms with E-state index in [0.717, 1.165) is 4.90 Å². The minimum atomic E-state index is -0.877. The molecule has 0 aromatic heterocycles. The fourth-order valence-corrected chi connectivity index (χ4v) is 2.34. The molecule has 27 heavy (non-hydrogen) atoms. The predicted molar refractivity (Wildman–Crippen MR) is 93.8 cm³/mol. The van der Waals surface area contributed by atoms with Crippen molar-refractivity contribution in [1.29, 1.82) is 0 Å². The molecule has 0 radical (unpaired) electrons. The highest BCUT2D eigenvalue weighted by atomic mass is 16.5. The summed E-state index contributed by atoms with van der Waals surface area (Å²) >= 11 is 0. The lowest BCUT2D eigenvalue weighted by atomic mass is 10.2. The van der Waals surface area contributed by atoms with E-state index < -0.39 is 37.0 Å². The number of ether oxygens (including phenoxy) is 1. The first-order valence-corrected chi connectivity index (χ1v) is 8.21. The fraction of sp³-hybridized carbons (Fsp3) is 0.353. The van der Waals surface area contributed by atoms with Crippen molar-refractivity contribution in [2.75, 3.05) is 38.6 Å². The number of benzene rings is 1. The molecule has 0 atom stereocenters. The van der Waals surface area contributed by atoms with Gasteiger partial charge in [0.2, 0.25) is 0 Å². The van der Waals surface area contributed by atoms with Gasteiger partial charge in [-0.1, -0.05) is 6.07 Å². The first kappa shape index (κ1) is 19.9. The van der Waals surface area contributed by atoms with Gasteiger partial charge in [-0.2, -0.15) is 0 Å². The summed E-state index contributed by atoms with van der Waals surface area (Å²) in [4.78, 5) is 60.6. The molecule has 2 N–H and O–H groups in total. The van der Waals surface area contributed by atoms with E-state index in [-0.39, 0.29) is 12.5 Å². The van der Waals surface area contributed by atoms with Crippen molar-refractivity contribution in [2.24, 2.45) is 0 Å². The highest BCUT2D eigenvalue weighted by molar-refractivity contribution is 6.04. The average molecular weight is 376 g/mol. The third-order valence-corrected chi connectivity index (χ3v) is 3.63. The Morgan fingerprint density at radius 2 is 1.96 bits per heavy atom. The van der Waals surface area contributed by atoms with Gasteiger partial charge in [-0.25, -0.2) is 4.79 Å². The third-order valence-electron chi connectivity index (χ3n) is 3.63. The standard InChI is InChI=1S/C17H20N4O6/c1-3-18-16(25)11-5-4-6-12(7-11)19-13(22)10-27-15(24)9-21-14(23)8-20(2)17(21)26/h4-7H,3,8-10H2,1-2H3,(H,18,25)(H,19,22). The zero-order chi connectivity index (χ0) is 20.0. The van der Waals surface area contributed by atoms with Crippen molar-refractivity contribution in [2.45, 2.75) is 6.92 Å². The number of imide groups is 1. The maximum atomic E-state index is 11.9. The number of carbonyl (C=O) groups excluding carboxylic acids is 5. The minimum Gasteiger partial charge on any atom is -0.454 e. The van der Waals surface area contributed by atoms with Crippen LogP contribution in [0.15, 0.2) is 24.3 Å². The van der Waals surface area contributed by atoms with Crippen molar-refractivity contribution < 1.29 is 28.7 Å². The third kappa shape index (κ3) is 5.27. The van der Waals surface area contributed by atoms with Crippen LogP contribution in [0, 0.1) is 0 Å². The lowest BCUT2D eigenvalue weighted by Gasteiger charge is -2.13. The van der Waals surface area contributed by atoms with Gasteiger partial charge in [0.05, 0.1) is 0 Å². The van der Waals surface area contributed by atoms with E-state index in [0.29, 0.717) is 17.8 Å². The number of rotatable bonds is 7. The maximum absolute atomic E-state index is 11.9. The number of nitrogens with one attached hydrogen (secondary N) is 2. The van der Waals surface area contributed by atoms with Gasteiger partial charge >= 0.3 is 12.0 Å². The topological polar surface area (TPSA) is 125 Å². The van der Waals surface area contributed by atoms with Gasteiger partial charge in [0, 0.05) is 24.8 Å². The van der Waals surface area contributed by atoms with Crippen LogP contribution in [0.3, 0.4) is 0 Å². The summed E-state index contributed by atoms with van der Waals surface area (Å²) in [5.41, 5.74) is 0.744. The zero-order valence-electron chi connectivity index (χ0n) is 15.0. The smallest absolute Gasteiger partial charge is 0.327 e. The SMILES string of the molecule is CCNC(=O)c1cccc(NC(=O)COC(=O)CN2C(=O)CN(C)C2=O)c1. The summed E-state index contributed by atoms with van der Waals surface area (Å²) < 4.78 is 4.79. The van der Waals surface area contributed by atoms with Crippen LogP contribution in [0.5, 0.6) is 0 Å². The number of carbonyl (C=O) groups is 5. The van der Waals surface area contributed by atoms with Crippen LogP contribution in [-0.4, -0.2) is 72.8 Å². The molecule has 0 saturated carbocycles. The monoisotopic (exact) mass is 376 g/mol. The number of likely N-dealkylation sites (N-methyl/N-ethyl adjacent to an activating group) is 1. The number of urea groups is 1. The lowest BCUT2D eigenvalue weighted by Crippen LogP contribution is -2.37. The molecular weight excluding hydrogens is 356 g/mol. The first-order valence-electron chi connectivity index (χ1n) is 8.21. The minimum absolute atomic E-state index is 0.103. The molecule has 0 aliphatic carbocycles. The Morgan fingerprint density at radius 1 is 1.22 bits per heavy atom. The molecule has 1 saturated heterocycles. The summed E-state index contributed by atoms with van der Waals surface area (Å²) in [5.74, 6) is -2.28. The second-order valence-electron chi connectivity index (χ2n) is 5.77. The Hall–Kier alpha value is -3.43. The molecule has 0 bridgehead atoms. The van der Waals surface area contributed by atoms with Crippen molar-refractivity contribution in [3.63, 3.8) is 0 Å². The Balaban J connectivity index is 1.83. The molecule has 10 nitrogen and oxygen atoms in total. The van der Waals surface area contributed by atoms with E-state index in [1.165, 1.54) is 18.0 Å². The van der Waals surface area contributed by atoms with Crippen LogP contribution in [0.4, 0.5) is 10.5 Å². The van der Waals surface area contributed by atoms with E-state index in [2.05, 4.69) is 10.6 Å². The van der Waals surface area contributed by atoms with Gasteiger partial charge in [0.15, 0.2) is 6.61 Å². The summed E-state index contributed by atoms with van der Waals surface area (Å²) in [5, 5.41) is 5.14. The molecule has 10 heteroatoms. The number of amides is 5. The van der Waals surface area contributed by atoms with Gasteiger partial charge in [0.25, 0.3) is 17.7 Å². The Kier molecular flexibility index (Phi) is 6.47. The lowest BCUT2D eigenvalue weighted by molar-refractivity contribution is -0.149. The predicted octanol–water partition coefficient (Wildman–Crippen LogP) is -0.188. The molecule has 1 aliphatic heterocycles.